The zero-order valence-electron chi connectivity index (χ0n) is 13.5. The summed E-state index contributed by atoms with van der Waals surface area (Å²) in [4.78, 5) is 23.2. The summed E-state index contributed by atoms with van der Waals surface area (Å²) in [6.07, 6.45) is 1.64. The maximum Gasteiger partial charge on any atom is 0.290 e. The van der Waals surface area contributed by atoms with Crippen molar-refractivity contribution in [2.45, 2.75) is 6.61 Å². The smallest absolute Gasteiger partial charge is 0.290 e. The van der Waals surface area contributed by atoms with Crippen LogP contribution in [0.2, 0.25) is 0 Å². The standard InChI is InChI=1S/C18H13Br2NO4S/c1-24-15-6-10(7-16-17(22)21-18(23)26-16)2-5-14(15)25-9-11-3-4-12(19)8-13(11)20/h2-8H,9H2,1H3,(H,21,22,23)/b16-7+. The Labute approximate surface area is 171 Å². The molecule has 1 N–H and O–H groups in total. The quantitative estimate of drug-likeness (QED) is 0.579. The Morgan fingerprint density at radius 1 is 1.12 bits per heavy atom. The van der Waals surface area contributed by atoms with Crippen LogP contribution in [0.1, 0.15) is 11.1 Å². The molecule has 2 aromatic rings. The van der Waals surface area contributed by atoms with Gasteiger partial charge in [-0.3, -0.25) is 14.9 Å². The molecule has 0 aliphatic carbocycles. The van der Waals surface area contributed by atoms with E-state index in [4.69, 9.17) is 9.47 Å². The SMILES string of the molecule is COc1cc(/C=C2/SC(=O)NC2=O)ccc1OCc1ccc(Br)cc1Br. The molecule has 1 aliphatic heterocycles. The fraction of sp³-hybridized carbons (Fsp3) is 0.111. The lowest BCUT2D eigenvalue weighted by Crippen LogP contribution is -2.17. The maximum atomic E-state index is 11.6. The molecular formula is C18H13Br2NO4S. The van der Waals surface area contributed by atoms with E-state index in [1.54, 1.807) is 31.4 Å². The van der Waals surface area contributed by atoms with E-state index < -0.39 is 0 Å². The highest BCUT2D eigenvalue weighted by Gasteiger charge is 2.25. The number of nitrogens with one attached hydrogen (secondary N) is 1. The molecular weight excluding hydrogens is 486 g/mol. The Hall–Kier alpha value is -1.77. The predicted octanol–water partition coefficient (Wildman–Crippen LogP) is 5.12. The fourth-order valence-corrected chi connectivity index (χ4v) is 4.10. The third kappa shape index (κ3) is 4.49. The van der Waals surface area contributed by atoms with Gasteiger partial charge < -0.3 is 9.47 Å². The van der Waals surface area contributed by atoms with E-state index in [1.807, 2.05) is 18.2 Å². The molecule has 3 rings (SSSR count). The molecule has 8 heteroatoms. The number of imide groups is 1. The number of benzene rings is 2. The third-order valence-electron chi connectivity index (χ3n) is 3.53. The fourth-order valence-electron chi connectivity index (χ4n) is 2.26. The van der Waals surface area contributed by atoms with Gasteiger partial charge in [-0.1, -0.05) is 44.0 Å². The van der Waals surface area contributed by atoms with Gasteiger partial charge in [-0.2, -0.15) is 0 Å². The van der Waals surface area contributed by atoms with Gasteiger partial charge in [-0.15, -0.1) is 0 Å². The second-order valence-electron chi connectivity index (χ2n) is 5.29. The minimum absolute atomic E-state index is 0.351. The Kier molecular flexibility index (Phi) is 6.05. The topological polar surface area (TPSA) is 64.6 Å². The number of ether oxygens (including phenoxy) is 2. The van der Waals surface area contributed by atoms with Gasteiger partial charge in [0.15, 0.2) is 11.5 Å². The summed E-state index contributed by atoms with van der Waals surface area (Å²) in [6.45, 7) is 0.372. The van der Waals surface area contributed by atoms with Crippen LogP contribution in [0, 0.1) is 0 Å². The first-order valence-electron chi connectivity index (χ1n) is 7.46. The number of hydrogen-bond acceptors (Lipinski definition) is 5. The van der Waals surface area contributed by atoms with E-state index in [0.717, 1.165) is 31.8 Å². The molecule has 0 unspecified atom stereocenters. The predicted molar refractivity (Wildman–Crippen MR) is 108 cm³/mol. The molecule has 26 heavy (non-hydrogen) atoms. The maximum absolute atomic E-state index is 11.6. The van der Waals surface area contributed by atoms with Gasteiger partial charge in [0.05, 0.1) is 12.0 Å². The van der Waals surface area contributed by atoms with Crippen LogP contribution in [0.25, 0.3) is 6.08 Å². The lowest BCUT2D eigenvalue weighted by molar-refractivity contribution is -0.115. The van der Waals surface area contributed by atoms with Crippen molar-refractivity contribution in [2.24, 2.45) is 0 Å². The molecule has 1 saturated heterocycles. The number of carbonyl (C=O) groups is 2. The van der Waals surface area contributed by atoms with E-state index >= 15 is 0 Å². The van der Waals surface area contributed by atoms with Crippen molar-refractivity contribution in [3.63, 3.8) is 0 Å². The highest BCUT2D eigenvalue weighted by atomic mass is 79.9. The molecule has 5 nitrogen and oxygen atoms in total. The Morgan fingerprint density at radius 3 is 2.58 bits per heavy atom. The van der Waals surface area contributed by atoms with Gasteiger partial charge in [0, 0.05) is 14.5 Å². The first-order chi connectivity index (χ1) is 12.5. The van der Waals surface area contributed by atoms with Crippen LogP contribution in [0.4, 0.5) is 4.79 Å². The van der Waals surface area contributed by atoms with Crippen molar-refractivity contribution in [1.82, 2.24) is 5.32 Å². The Morgan fingerprint density at radius 2 is 1.92 bits per heavy atom. The molecule has 0 saturated carbocycles. The molecule has 0 bridgehead atoms. The zero-order chi connectivity index (χ0) is 18.7. The molecule has 1 aliphatic rings. The number of carbonyl (C=O) groups excluding carboxylic acids is 2. The first kappa shape index (κ1) is 19.0. The average Bonchev–Trinajstić information content (AvgIpc) is 2.92. The van der Waals surface area contributed by atoms with Crippen LogP contribution >= 0.6 is 43.6 Å². The largest absolute Gasteiger partial charge is 0.493 e. The summed E-state index contributed by atoms with van der Waals surface area (Å²) in [6, 6.07) is 11.2. The second kappa shape index (κ2) is 8.28. The lowest BCUT2D eigenvalue weighted by atomic mass is 10.2. The van der Waals surface area contributed by atoms with E-state index in [0.29, 0.717) is 23.0 Å². The molecule has 0 aromatic heterocycles. The van der Waals surface area contributed by atoms with Crippen molar-refractivity contribution >= 4 is 60.8 Å². The molecule has 0 spiro atoms. The van der Waals surface area contributed by atoms with E-state index in [9.17, 15) is 9.59 Å². The summed E-state index contributed by atoms with van der Waals surface area (Å²) in [5, 5.41) is 1.86. The third-order valence-corrected chi connectivity index (χ3v) is 5.57. The van der Waals surface area contributed by atoms with Crippen LogP contribution in [0.15, 0.2) is 50.2 Å². The van der Waals surface area contributed by atoms with E-state index in [-0.39, 0.29) is 11.1 Å². The summed E-state index contributed by atoms with van der Waals surface area (Å²) < 4.78 is 13.2. The van der Waals surface area contributed by atoms with Gasteiger partial charge >= 0.3 is 0 Å². The van der Waals surface area contributed by atoms with Gasteiger partial charge in [0.25, 0.3) is 11.1 Å². The Balaban J connectivity index is 1.77. The van der Waals surface area contributed by atoms with Crippen LogP contribution in [0.5, 0.6) is 11.5 Å². The zero-order valence-corrected chi connectivity index (χ0v) is 17.5. The molecule has 0 radical (unpaired) electrons. The minimum atomic E-state index is -0.389. The van der Waals surface area contributed by atoms with Crippen molar-refractivity contribution in [3.8, 4) is 11.5 Å². The highest BCUT2D eigenvalue weighted by molar-refractivity contribution is 9.11. The monoisotopic (exact) mass is 497 g/mol. The van der Waals surface area contributed by atoms with Crippen LogP contribution < -0.4 is 14.8 Å². The average molecular weight is 499 g/mol. The number of thioether (sulfide) groups is 1. The summed E-state index contributed by atoms with van der Waals surface area (Å²) >= 11 is 7.81. The van der Waals surface area contributed by atoms with Crippen molar-refractivity contribution < 1.29 is 19.1 Å². The normalized spacial score (nSPS) is 15.3. The van der Waals surface area contributed by atoms with Crippen molar-refractivity contribution in [2.75, 3.05) is 7.11 Å². The van der Waals surface area contributed by atoms with E-state index in [2.05, 4.69) is 37.2 Å². The molecule has 2 amide bonds. The Bertz CT molecular complexity index is 914. The summed E-state index contributed by atoms with van der Waals surface area (Å²) in [7, 11) is 1.55. The van der Waals surface area contributed by atoms with Gasteiger partial charge in [0.2, 0.25) is 0 Å². The van der Waals surface area contributed by atoms with Crippen LogP contribution in [0.3, 0.4) is 0 Å². The van der Waals surface area contributed by atoms with Crippen LogP contribution in [-0.4, -0.2) is 18.3 Å². The van der Waals surface area contributed by atoms with Crippen LogP contribution in [-0.2, 0) is 11.4 Å². The summed E-state index contributed by atoms with van der Waals surface area (Å²) in [5.74, 6) is 0.741. The number of halogens is 2. The highest BCUT2D eigenvalue weighted by Crippen LogP contribution is 2.32. The molecule has 0 atom stereocenters. The number of amides is 2. The second-order valence-corrected chi connectivity index (χ2v) is 8.07. The summed E-state index contributed by atoms with van der Waals surface area (Å²) in [5.41, 5.74) is 1.74. The lowest BCUT2D eigenvalue weighted by Gasteiger charge is -2.12. The van der Waals surface area contributed by atoms with E-state index in [1.165, 1.54) is 0 Å². The van der Waals surface area contributed by atoms with Gasteiger partial charge in [-0.25, -0.2) is 0 Å². The molecule has 2 aromatic carbocycles. The molecule has 1 heterocycles. The number of hydrogen-bond donors (Lipinski definition) is 1. The number of rotatable bonds is 5. The molecule has 1 fully saturated rings. The van der Waals surface area contributed by atoms with Gasteiger partial charge in [0.1, 0.15) is 6.61 Å². The van der Waals surface area contributed by atoms with Crippen molar-refractivity contribution in [1.29, 1.82) is 0 Å². The minimum Gasteiger partial charge on any atom is -0.493 e. The van der Waals surface area contributed by atoms with Gasteiger partial charge in [-0.05, 0) is 47.7 Å². The molecule has 134 valence electrons. The number of methoxy groups -OCH3 is 1. The van der Waals surface area contributed by atoms with Crippen molar-refractivity contribution in [3.05, 3.63) is 61.4 Å². The first-order valence-corrected chi connectivity index (χ1v) is 9.86.